The molecule has 0 saturated carbocycles. The van der Waals surface area contributed by atoms with Crippen LogP contribution in [-0.2, 0) is 13.1 Å². The van der Waals surface area contributed by atoms with Crippen LogP contribution in [0, 0.1) is 0 Å². The van der Waals surface area contributed by atoms with E-state index in [9.17, 15) is 4.79 Å². The fraction of sp³-hybridized carbons (Fsp3) is 0.174. The van der Waals surface area contributed by atoms with Crippen LogP contribution in [0.2, 0.25) is 0 Å². The zero-order valence-electron chi connectivity index (χ0n) is 15.5. The van der Waals surface area contributed by atoms with Gasteiger partial charge in [-0.2, -0.15) is 0 Å². The fourth-order valence-electron chi connectivity index (χ4n) is 3.05. The van der Waals surface area contributed by atoms with Crippen molar-refractivity contribution in [2.75, 3.05) is 13.7 Å². The molecule has 0 spiro atoms. The quantitative estimate of drug-likeness (QED) is 0.559. The Morgan fingerprint density at radius 1 is 1.11 bits per heavy atom. The van der Waals surface area contributed by atoms with Crippen molar-refractivity contribution in [2.24, 2.45) is 0 Å². The van der Waals surface area contributed by atoms with Crippen molar-refractivity contribution in [1.29, 1.82) is 0 Å². The summed E-state index contributed by atoms with van der Waals surface area (Å²) in [5.74, 6) is 0.846. The summed E-state index contributed by atoms with van der Waals surface area (Å²) in [4.78, 5) is 14.7. The van der Waals surface area contributed by atoms with Crippen LogP contribution in [0.3, 0.4) is 0 Å². The molecular weight excluding hydrogens is 336 g/mol. The van der Waals surface area contributed by atoms with Gasteiger partial charge in [0.1, 0.15) is 5.75 Å². The lowest BCUT2D eigenvalue weighted by molar-refractivity contribution is 0.0759. The minimum Gasteiger partial charge on any atom is -0.497 e. The van der Waals surface area contributed by atoms with Gasteiger partial charge in [-0.25, -0.2) is 0 Å². The van der Waals surface area contributed by atoms with Crippen molar-refractivity contribution in [3.63, 3.8) is 0 Å². The number of carbonyl (C=O) groups is 1. The van der Waals surface area contributed by atoms with E-state index in [0.29, 0.717) is 18.7 Å². The molecule has 1 heterocycles. The Labute approximate surface area is 160 Å². The molecule has 0 aliphatic rings. The van der Waals surface area contributed by atoms with Gasteiger partial charge in [0, 0.05) is 30.5 Å². The first-order chi connectivity index (χ1) is 13.2. The molecule has 0 N–H and O–H groups in total. The summed E-state index contributed by atoms with van der Waals surface area (Å²) in [6, 6.07) is 21.4. The van der Waals surface area contributed by atoms with Crippen molar-refractivity contribution in [2.45, 2.75) is 13.1 Å². The highest BCUT2D eigenvalue weighted by atomic mass is 16.5. The summed E-state index contributed by atoms with van der Waals surface area (Å²) in [6.45, 7) is 5.55. The molecule has 27 heavy (non-hydrogen) atoms. The predicted molar refractivity (Wildman–Crippen MR) is 108 cm³/mol. The Bertz CT molecular complexity index is 900. The van der Waals surface area contributed by atoms with E-state index in [2.05, 4.69) is 23.3 Å². The first kappa shape index (κ1) is 18.5. The number of ether oxygens (including phenoxy) is 1. The van der Waals surface area contributed by atoms with Crippen molar-refractivity contribution < 1.29 is 9.53 Å². The molecule has 4 nitrogen and oxygen atoms in total. The molecule has 0 radical (unpaired) electrons. The van der Waals surface area contributed by atoms with E-state index in [1.807, 2.05) is 60.8 Å². The molecule has 4 heteroatoms. The number of nitrogens with zero attached hydrogens (tertiary/aromatic N) is 2. The van der Waals surface area contributed by atoms with Gasteiger partial charge in [-0.1, -0.05) is 36.4 Å². The largest absolute Gasteiger partial charge is 0.497 e. The first-order valence-electron chi connectivity index (χ1n) is 8.93. The van der Waals surface area contributed by atoms with E-state index in [0.717, 1.165) is 23.6 Å². The van der Waals surface area contributed by atoms with E-state index in [1.165, 1.54) is 0 Å². The number of methoxy groups -OCH3 is 1. The molecule has 0 atom stereocenters. The lowest BCUT2D eigenvalue weighted by Gasteiger charge is -2.22. The van der Waals surface area contributed by atoms with Crippen molar-refractivity contribution >= 4 is 5.91 Å². The number of carbonyl (C=O) groups excluding carboxylic acids is 1. The van der Waals surface area contributed by atoms with Gasteiger partial charge >= 0.3 is 0 Å². The highest BCUT2D eigenvalue weighted by Crippen LogP contribution is 2.16. The van der Waals surface area contributed by atoms with Gasteiger partial charge in [0.2, 0.25) is 0 Å². The Balaban J connectivity index is 1.78. The lowest BCUT2D eigenvalue weighted by Crippen LogP contribution is -2.31. The molecular formula is C23H24N2O2. The SMILES string of the molecule is C=CCN(Cc1cccn1Cc1cccc(OC)c1)C(=O)c1ccccc1. The maximum Gasteiger partial charge on any atom is 0.254 e. The highest BCUT2D eigenvalue weighted by molar-refractivity contribution is 5.94. The summed E-state index contributed by atoms with van der Waals surface area (Å²) in [5, 5.41) is 0. The molecule has 3 aromatic rings. The molecule has 0 aliphatic carbocycles. The summed E-state index contributed by atoms with van der Waals surface area (Å²) in [5.41, 5.74) is 2.91. The Hall–Kier alpha value is -3.27. The summed E-state index contributed by atoms with van der Waals surface area (Å²) >= 11 is 0. The average molecular weight is 360 g/mol. The van der Waals surface area contributed by atoms with Crippen LogP contribution in [-0.4, -0.2) is 29.0 Å². The van der Waals surface area contributed by atoms with E-state index >= 15 is 0 Å². The standard InChI is InChI=1S/C23H24N2O2/c1-3-14-25(23(26)20-10-5-4-6-11-20)18-21-12-8-15-24(21)17-19-9-7-13-22(16-19)27-2/h3-13,15-16H,1,14,17-18H2,2H3. The summed E-state index contributed by atoms with van der Waals surface area (Å²) in [6.07, 6.45) is 3.80. The monoisotopic (exact) mass is 360 g/mol. The van der Waals surface area contributed by atoms with Crippen molar-refractivity contribution in [3.8, 4) is 5.75 Å². The van der Waals surface area contributed by atoms with Crippen molar-refractivity contribution in [1.82, 2.24) is 9.47 Å². The molecule has 0 unspecified atom stereocenters. The number of rotatable bonds is 8. The van der Waals surface area contributed by atoms with E-state index in [1.54, 1.807) is 18.1 Å². The average Bonchev–Trinajstić information content (AvgIpc) is 3.14. The topological polar surface area (TPSA) is 34.5 Å². The third-order valence-electron chi connectivity index (χ3n) is 4.42. The molecule has 138 valence electrons. The van der Waals surface area contributed by atoms with Crippen LogP contribution in [0.5, 0.6) is 5.75 Å². The first-order valence-corrected chi connectivity index (χ1v) is 8.93. The van der Waals surface area contributed by atoms with Gasteiger partial charge in [0.25, 0.3) is 5.91 Å². The molecule has 1 aromatic heterocycles. The third kappa shape index (κ3) is 4.67. The number of benzene rings is 2. The zero-order chi connectivity index (χ0) is 19.1. The van der Waals surface area contributed by atoms with Crippen LogP contribution in [0.4, 0.5) is 0 Å². The van der Waals surface area contributed by atoms with Crippen LogP contribution in [0.25, 0.3) is 0 Å². The molecule has 0 fully saturated rings. The molecule has 0 aliphatic heterocycles. The molecule has 0 saturated heterocycles. The second kappa shape index (κ2) is 8.90. The van der Waals surface area contributed by atoms with Crippen LogP contribution in [0.1, 0.15) is 21.6 Å². The maximum absolute atomic E-state index is 12.9. The van der Waals surface area contributed by atoms with Gasteiger partial charge in [-0.15, -0.1) is 6.58 Å². The highest BCUT2D eigenvalue weighted by Gasteiger charge is 2.16. The molecule has 1 amide bonds. The van der Waals surface area contributed by atoms with Crippen LogP contribution in [0.15, 0.2) is 85.6 Å². The number of hydrogen-bond acceptors (Lipinski definition) is 2. The molecule has 3 rings (SSSR count). The third-order valence-corrected chi connectivity index (χ3v) is 4.42. The van der Waals surface area contributed by atoms with Crippen LogP contribution < -0.4 is 4.74 Å². The summed E-state index contributed by atoms with van der Waals surface area (Å²) < 4.78 is 7.46. The second-order valence-corrected chi connectivity index (χ2v) is 6.32. The van der Waals surface area contributed by atoms with Crippen molar-refractivity contribution in [3.05, 3.63) is 102 Å². The summed E-state index contributed by atoms with van der Waals surface area (Å²) in [7, 11) is 1.67. The zero-order valence-corrected chi connectivity index (χ0v) is 15.5. The van der Waals surface area contributed by atoms with Gasteiger partial charge in [-0.3, -0.25) is 4.79 Å². The number of amides is 1. The number of hydrogen-bond donors (Lipinski definition) is 0. The molecule has 2 aromatic carbocycles. The van der Waals surface area contributed by atoms with Gasteiger partial charge in [-0.05, 0) is 42.0 Å². The Kier molecular flexibility index (Phi) is 6.10. The number of aromatic nitrogens is 1. The smallest absolute Gasteiger partial charge is 0.254 e. The maximum atomic E-state index is 12.9. The Morgan fingerprint density at radius 3 is 2.67 bits per heavy atom. The Morgan fingerprint density at radius 2 is 1.93 bits per heavy atom. The van der Waals surface area contributed by atoms with Gasteiger partial charge in [0.15, 0.2) is 0 Å². The second-order valence-electron chi connectivity index (χ2n) is 6.32. The predicted octanol–water partition coefficient (Wildman–Crippen LogP) is 4.37. The van der Waals surface area contributed by atoms with E-state index < -0.39 is 0 Å². The minimum absolute atomic E-state index is 0.00429. The van der Waals surface area contributed by atoms with Crippen LogP contribution >= 0.6 is 0 Å². The minimum atomic E-state index is 0.00429. The van der Waals surface area contributed by atoms with E-state index in [4.69, 9.17) is 4.74 Å². The van der Waals surface area contributed by atoms with Gasteiger partial charge in [0.05, 0.1) is 13.7 Å². The van der Waals surface area contributed by atoms with E-state index in [-0.39, 0.29) is 5.91 Å². The normalized spacial score (nSPS) is 10.4. The molecule has 0 bridgehead atoms. The lowest BCUT2D eigenvalue weighted by atomic mass is 10.2. The van der Waals surface area contributed by atoms with Gasteiger partial charge < -0.3 is 14.2 Å². The fourth-order valence-corrected chi connectivity index (χ4v) is 3.05.